The van der Waals surface area contributed by atoms with E-state index in [0.29, 0.717) is 0 Å². The van der Waals surface area contributed by atoms with Gasteiger partial charge in [-0.05, 0) is 34.7 Å². The van der Waals surface area contributed by atoms with Crippen molar-refractivity contribution in [2.75, 3.05) is 7.05 Å². The second-order valence-corrected chi connectivity index (χ2v) is 4.54. The Kier molecular flexibility index (Phi) is 1.77. The van der Waals surface area contributed by atoms with E-state index in [-0.39, 0.29) is 11.2 Å². The van der Waals surface area contributed by atoms with Gasteiger partial charge in [-0.1, -0.05) is 12.2 Å². The summed E-state index contributed by atoms with van der Waals surface area (Å²) in [5.74, 6) is 0. The SMILES string of the molecule is CN1C(C)(C)NC(=S)C1(C)C. The molecule has 1 aliphatic rings. The molecule has 64 valence electrons. The van der Waals surface area contributed by atoms with Gasteiger partial charge in [-0.3, -0.25) is 4.90 Å². The third kappa shape index (κ3) is 1.16. The van der Waals surface area contributed by atoms with Crippen LogP contribution in [0.4, 0.5) is 0 Å². The number of nitrogens with zero attached hydrogens (tertiary/aromatic N) is 1. The van der Waals surface area contributed by atoms with Crippen molar-refractivity contribution in [1.29, 1.82) is 0 Å². The highest BCUT2D eigenvalue weighted by molar-refractivity contribution is 7.80. The van der Waals surface area contributed by atoms with Crippen molar-refractivity contribution >= 4 is 17.2 Å². The van der Waals surface area contributed by atoms with Crippen LogP contribution in [0.5, 0.6) is 0 Å². The van der Waals surface area contributed by atoms with Crippen molar-refractivity contribution in [3.63, 3.8) is 0 Å². The van der Waals surface area contributed by atoms with Crippen LogP contribution in [-0.4, -0.2) is 28.1 Å². The van der Waals surface area contributed by atoms with Gasteiger partial charge in [-0.25, -0.2) is 0 Å². The molecule has 1 heterocycles. The molecule has 0 spiro atoms. The molecule has 0 aromatic rings. The van der Waals surface area contributed by atoms with Crippen LogP contribution in [0.15, 0.2) is 0 Å². The highest BCUT2D eigenvalue weighted by Gasteiger charge is 2.45. The first-order valence-corrected chi connectivity index (χ1v) is 4.26. The van der Waals surface area contributed by atoms with Gasteiger partial charge >= 0.3 is 0 Å². The van der Waals surface area contributed by atoms with Crippen LogP contribution in [0.1, 0.15) is 27.7 Å². The zero-order chi connectivity index (χ0) is 8.86. The van der Waals surface area contributed by atoms with Gasteiger partial charge in [-0.15, -0.1) is 0 Å². The van der Waals surface area contributed by atoms with Crippen molar-refractivity contribution in [1.82, 2.24) is 10.2 Å². The Morgan fingerprint density at radius 1 is 1.27 bits per heavy atom. The molecule has 0 aromatic carbocycles. The number of thiocarbonyl (C=S) groups is 1. The molecule has 1 rings (SSSR count). The van der Waals surface area contributed by atoms with Gasteiger partial charge in [0.1, 0.15) is 0 Å². The summed E-state index contributed by atoms with van der Waals surface area (Å²) in [7, 11) is 2.09. The first kappa shape index (κ1) is 8.94. The number of rotatable bonds is 0. The van der Waals surface area contributed by atoms with E-state index in [9.17, 15) is 0 Å². The minimum absolute atomic E-state index is 0.000579. The number of hydrogen-bond donors (Lipinski definition) is 1. The second-order valence-electron chi connectivity index (χ2n) is 4.13. The molecule has 1 N–H and O–H groups in total. The van der Waals surface area contributed by atoms with Crippen LogP contribution in [0.3, 0.4) is 0 Å². The molecule has 0 unspecified atom stereocenters. The quantitative estimate of drug-likeness (QED) is 0.555. The van der Waals surface area contributed by atoms with Crippen LogP contribution >= 0.6 is 12.2 Å². The minimum atomic E-state index is -0.00116. The molecule has 1 saturated heterocycles. The predicted octanol–water partition coefficient (Wildman–Crippen LogP) is 1.36. The average molecular weight is 172 g/mol. The summed E-state index contributed by atoms with van der Waals surface area (Å²) < 4.78 is 0. The maximum absolute atomic E-state index is 5.23. The first-order chi connectivity index (χ1) is 4.78. The van der Waals surface area contributed by atoms with Crippen LogP contribution in [0.2, 0.25) is 0 Å². The number of hydrogen-bond acceptors (Lipinski definition) is 2. The molecular weight excluding hydrogens is 156 g/mol. The molecule has 11 heavy (non-hydrogen) atoms. The van der Waals surface area contributed by atoms with E-state index in [0.717, 1.165) is 4.99 Å². The molecular formula is C8H16N2S. The van der Waals surface area contributed by atoms with Crippen LogP contribution in [0, 0.1) is 0 Å². The molecule has 0 radical (unpaired) electrons. The summed E-state index contributed by atoms with van der Waals surface area (Å²) >= 11 is 5.23. The number of likely N-dealkylation sites (N-methyl/N-ethyl adjacent to an activating group) is 1. The Morgan fingerprint density at radius 3 is 1.82 bits per heavy atom. The Balaban J connectivity index is 2.98. The lowest BCUT2D eigenvalue weighted by atomic mass is 10.1. The largest absolute Gasteiger partial charge is 0.361 e. The van der Waals surface area contributed by atoms with Gasteiger partial charge in [0.25, 0.3) is 0 Å². The van der Waals surface area contributed by atoms with E-state index in [2.05, 4.69) is 45.0 Å². The maximum atomic E-state index is 5.23. The summed E-state index contributed by atoms with van der Waals surface area (Å²) in [6.07, 6.45) is 0. The summed E-state index contributed by atoms with van der Waals surface area (Å²) in [4.78, 5) is 3.19. The highest BCUT2D eigenvalue weighted by atomic mass is 32.1. The van der Waals surface area contributed by atoms with E-state index >= 15 is 0 Å². The molecule has 1 fully saturated rings. The zero-order valence-electron chi connectivity index (χ0n) is 7.86. The van der Waals surface area contributed by atoms with Gasteiger partial charge in [0.2, 0.25) is 0 Å². The normalized spacial score (nSPS) is 28.6. The first-order valence-electron chi connectivity index (χ1n) is 3.85. The molecule has 0 atom stereocenters. The van der Waals surface area contributed by atoms with E-state index in [1.54, 1.807) is 0 Å². The Hall–Kier alpha value is -0.150. The van der Waals surface area contributed by atoms with E-state index in [1.807, 2.05) is 0 Å². The van der Waals surface area contributed by atoms with Crippen molar-refractivity contribution in [2.45, 2.75) is 38.9 Å². The van der Waals surface area contributed by atoms with E-state index in [1.165, 1.54) is 0 Å². The van der Waals surface area contributed by atoms with Crippen LogP contribution in [0.25, 0.3) is 0 Å². The summed E-state index contributed by atoms with van der Waals surface area (Å²) in [5, 5.41) is 3.29. The number of nitrogens with one attached hydrogen (secondary N) is 1. The third-order valence-corrected chi connectivity index (χ3v) is 3.25. The van der Waals surface area contributed by atoms with Gasteiger partial charge < -0.3 is 5.32 Å². The van der Waals surface area contributed by atoms with Crippen LogP contribution < -0.4 is 5.32 Å². The maximum Gasteiger partial charge on any atom is 0.0969 e. The minimum Gasteiger partial charge on any atom is -0.361 e. The highest BCUT2D eigenvalue weighted by Crippen LogP contribution is 2.28. The monoisotopic (exact) mass is 172 g/mol. The predicted molar refractivity (Wildman–Crippen MR) is 51.7 cm³/mol. The molecule has 0 aliphatic carbocycles. The van der Waals surface area contributed by atoms with Crippen LogP contribution in [-0.2, 0) is 0 Å². The summed E-state index contributed by atoms with van der Waals surface area (Å²) in [6, 6.07) is 0. The molecule has 0 aromatic heterocycles. The fraction of sp³-hybridized carbons (Fsp3) is 0.875. The van der Waals surface area contributed by atoms with Crippen molar-refractivity contribution in [3.05, 3.63) is 0 Å². The van der Waals surface area contributed by atoms with Crippen molar-refractivity contribution < 1.29 is 0 Å². The Bertz CT molecular complexity index is 196. The molecule has 0 amide bonds. The average Bonchev–Trinajstić information content (AvgIpc) is 1.94. The lowest BCUT2D eigenvalue weighted by Crippen LogP contribution is -2.48. The van der Waals surface area contributed by atoms with Crippen molar-refractivity contribution in [3.8, 4) is 0 Å². The topological polar surface area (TPSA) is 15.3 Å². The second kappa shape index (κ2) is 2.17. The van der Waals surface area contributed by atoms with Gasteiger partial charge in [0.05, 0.1) is 16.2 Å². The van der Waals surface area contributed by atoms with E-state index in [4.69, 9.17) is 12.2 Å². The smallest absolute Gasteiger partial charge is 0.0969 e. The zero-order valence-corrected chi connectivity index (χ0v) is 8.67. The van der Waals surface area contributed by atoms with E-state index < -0.39 is 0 Å². The van der Waals surface area contributed by atoms with Gasteiger partial charge in [0.15, 0.2) is 0 Å². The van der Waals surface area contributed by atoms with Gasteiger partial charge in [-0.2, -0.15) is 0 Å². The summed E-state index contributed by atoms with van der Waals surface area (Å²) in [6.45, 7) is 8.54. The molecule has 0 bridgehead atoms. The fourth-order valence-corrected chi connectivity index (χ4v) is 1.75. The third-order valence-electron chi connectivity index (χ3n) is 2.65. The Labute approximate surface area is 74.0 Å². The lowest BCUT2D eigenvalue weighted by molar-refractivity contribution is 0.116. The Morgan fingerprint density at radius 2 is 1.73 bits per heavy atom. The lowest BCUT2D eigenvalue weighted by Gasteiger charge is -2.34. The van der Waals surface area contributed by atoms with Crippen molar-refractivity contribution in [2.24, 2.45) is 0 Å². The molecule has 0 saturated carbocycles. The summed E-state index contributed by atoms with van der Waals surface area (Å²) in [5.41, 5.74) is -0.000579. The molecule has 2 nitrogen and oxygen atoms in total. The standard InChI is InChI=1S/C8H16N2S/c1-7(2)6(11)9-8(3,4)10(7)5/h1-5H3,(H,9,11). The fourth-order valence-electron chi connectivity index (χ4n) is 1.37. The van der Waals surface area contributed by atoms with Gasteiger partial charge in [0, 0.05) is 0 Å². The molecule has 1 aliphatic heterocycles. The molecule has 3 heteroatoms.